The highest BCUT2D eigenvalue weighted by Crippen LogP contribution is 2.51. The first-order chi connectivity index (χ1) is 9.41. The van der Waals surface area contributed by atoms with Crippen molar-refractivity contribution in [1.29, 1.82) is 0 Å². The Kier molecular flexibility index (Phi) is 2.97. The van der Waals surface area contributed by atoms with Crippen LogP contribution in [0.3, 0.4) is 0 Å². The van der Waals surface area contributed by atoms with E-state index in [1.165, 1.54) is 0 Å². The van der Waals surface area contributed by atoms with Crippen LogP contribution in [0.5, 0.6) is 0 Å². The Morgan fingerprint density at radius 3 is 2.95 bits per heavy atom. The van der Waals surface area contributed by atoms with Crippen molar-refractivity contribution >= 4 is 6.09 Å². The lowest BCUT2D eigenvalue weighted by molar-refractivity contribution is 0.0217. The average molecular weight is 276 g/mol. The van der Waals surface area contributed by atoms with Gasteiger partial charge in [0.25, 0.3) is 0 Å². The van der Waals surface area contributed by atoms with E-state index < -0.39 is 5.60 Å². The van der Waals surface area contributed by atoms with E-state index in [0.717, 1.165) is 12.0 Å². The molecule has 5 nitrogen and oxygen atoms in total. The van der Waals surface area contributed by atoms with Crippen LogP contribution in [0.1, 0.15) is 32.8 Å². The fraction of sp³-hybridized carbons (Fsp3) is 0.600. The molecular weight excluding hydrogens is 256 g/mol. The van der Waals surface area contributed by atoms with Crippen LogP contribution in [0.2, 0.25) is 0 Å². The van der Waals surface area contributed by atoms with Gasteiger partial charge < -0.3 is 14.4 Å². The van der Waals surface area contributed by atoms with Crippen LogP contribution in [0.15, 0.2) is 24.5 Å². The zero-order valence-corrected chi connectivity index (χ0v) is 12.1. The summed E-state index contributed by atoms with van der Waals surface area (Å²) in [6.45, 7) is 6.87. The summed E-state index contributed by atoms with van der Waals surface area (Å²) in [5.74, 6) is 0. The van der Waals surface area contributed by atoms with Crippen LogP contribution in [-0.2, 0) is 15.1 Å². The fourth-order valence-corrected chi connectivity index (χ4v) is 2.72. The zero-order chi connectivity index (χ0) is 14.4. The highest BCUT2D eigenvalue weighted by molar-refractivity contribution is 5.68. The second kappa shape index (κ2) is 4.45. The monoisotopic (exact) mass is 276 g/mol. The number of ether oxygens (including phenoxy) is 2. The minimum absolute atomic E-state index is 0.0629. The number of piperidine rings is 1. The molecule has 0 N–H and O–H groups in total. The van der Waals surface area contributed by atoms with Crippen LogP contribution in [0.4, 0.5) is 4.79 Å². The van der Waals surface area contributed by atoms with E-state index in [0.29, 0.717) is 13.1 Å². The summed E-state index contributed by atoms with van der Waals surface area (Å²) >= 11 is 0. The average Bonchev–Trinajstić information content (AvgIpc) is 3.12. The maximum Gasteiger partial charge on any atom is 0.410 e. The van der Waals surface area contributed by atoms with Crippen LogP contribution in [0, 0.1) is 0 Å². The Morgan fingerprint density at radius 1 is 1.55 bits per heavy atom. The van der Waals surface area contributed by atoms with Gasteiger partial charge in [-0.1, -0.05) is 6.07 Å². The first-order valence-electron chi connectivity index (χ1n) is 6.97. The Hall–Kier alpha value is -1.62. The van der Waals surface area contributed by atoms with Gasteiger partial charge in [0.15, 0.2) is 0 Å². The molecule has 0 saturated carbocycles. The summed E-state index contributed by atoms with van der Waals surface area (Å²) in [4.78, 5) is 17.9. The van der Waals surface area contributed by atoms with Crippen molar-refractivity contribution < 1.29 is 14.3 Å². The number of carbonyl (C=O) groups is 1. The van der Waals surface area contributed by atoms with E-state index in [1.807, 2.05) is 39.1 Å². The van der Waals surface area contributed by atoms with Gasteiger partial charge in [-0.2, -0.15) is 0 Å². The summed E-state index contributed by atoms with van der Waals surface area (Å²) in [5.41, 5.74) is 0.417. The van der Waals surface area contributed by atoms with Crippen molar-refractivity contribution in [2.45, 2.75) is 44.5 Å². The molecule has 2 fully saturated rings. The van der Waals surface area contributed by atoms with Crippen LogP contribution >= 0.6 is 0 Å². The highest BCUT2D eigenvalue weighted by Gasteiger charge is 2.61. The molecule has 1 amide bonds. The molecule has 2 atom stereocenters. The third-order valence-electron chi connectivity index (χ3n) is 3.76. The molecule has 3 rings (SSSR count). The molecule has 0 spiro atoms. The van der Waals surface area contributed by atoms with Gasteiger partial charge in [0.1, 0.15) is 17.3 Å². The van der Waals surface area contributed by atoms with Crippen molar-refractivity contribution in [1.82, 2.24) is 9.88 Å². The number of aromatic nitrogens is 1. The molecule has 1 aromatic heterocycles. The molecule has 0 bridgehead atoms. The SMILES string of the molecule is CC(C)(C)OC(=O)N1CC[C@]2(c3cccnc3)O[C@@H]2C1. The third kappa shape index (κ3) is 2.38. The van der Waals surface area contributed by atoms with E-state index in [2.05, 4.69) is 4.98 Å². The number of carbonyl (C=O) groups excluding carboxylic acids is 1. The zero-order valence-electron chi connectivity index (χ0n) is 12.1. The molecule has 2 saturated heterocycles. The molecule has 108 valence electrons. The van der Waals surface area contributed by atoms with Crippen LogP contribution in [-0.4, -0.2) is 40.8 Å². The number of nitrogens with zero attached hydrogens (tertiary/aromatic N) is 2. The van der Waals surface area contributed by atoms with E-state index in [1.54, 1.807) is 11.1 Å². The third-order valence-corrected chi connectivity index (χ3v) is 3.76. The second-order valence-corrected chi connectivity index (χ2v) is 6.41. The number of epoxide rings is 1. The number of fused-ring (bicyclic) bond motifs is 1. The van der Waals surface area contributed by atoms with E-state index >= 15 is 0 Å². The van der Waals surface area contributed by atoms with Crippen LogP contribution in [0.25, 0.3) is 0 Å². The quantitative estimate of drug-likeness (QED) is 0.739. The van der Waals surface area contributed by atoms with Crippen LogP contribution < -0.4 is 0 Å². The molecule has 2 aliphatic rings. The largest absolute Gasteiger partial charge is 0.444 e. The number of hydrogen-bond donors (Lipinski definition) is 0. The fourth-order valence-electron chi connectivity index (χ4n) is 2.72. The lowest BCUT2D eigenvalue weighted by atomic mass is 9.90. The van der Waals surface area contributed by atoms with Crippen molar-refractivity contribution in [3.05, 3.63) is 30.1 Å². The molecule has 5 heteroatoms. The Morgan fingerprint density at radius 2 is 2.35 bits per heavy atom. The first-order valence-corrected chi connectivity index (χ1v) is 6.97. The summed E-state index contributed by atoms with van der Waals surface area (Å²) in [5, 5.41) is 0. The van der Waals surface area contributed by atoms with Gasteiger partial charge in [-0.25, -0.2) is 4.79 Å². The minimum atomic E-state index is -0.459. The normalized spacial score (nSPS) is 28.8. The maximum atomic E-state index is 12.1. The standard InChI is InChI=1S/C15H20N2O3/c1-14(2,3)20-13(18)17-8-6-15(12(10-17)19-15)11-5-4-7-16-9-11/h4-5,7,9,12H,6,8,10H2,1-3H3/t12-,15-/m1/s1. The van der Waals surface area contributed by atoms with Gasteiger partial charge in [-0.05, 0) is 26.8 Å². The van der Waals surface area contributed by atoms with Crippen molar-refractivity contribution in [2.24, 2.45) is 0 Å². The number of pyridine rings is 1. The molecular formula is C15H20N2O3. The molecule has 0 aromatic carbocycles. The first kappa shape index (κ1) is 13.4. The predicted octanol–water partition coefficient (Wildman–Crippen LogP) is 2.32. The van der Waals surface area contributed by atoms with Gasteiger partial charge in [0.2, 0.25) is 0 Å². The van der Waals surface area contributed by atoms with Gasteiger partial charge in [-0.3, -0.25) is 4.98 Å². The number of rotatable bonds is 1. The smallest absolute Gasteiger partial charge is 0.410 e. The Bertz CT molecular complexity index is 512. The molecule has 0 radical (unpaired) electrons. The van der Waals surface area contributed by atoms with Crippen molar-refractivity contribution in [3.8, 4) is 0 Å². The van der Waals surface area contributed by atoms with Gasteiger partial charge in [-0.15, -0.1) is 0 Å². The van der Waals surface area contributed by atoms with Gasteiger partial charge in [0.05, 0.1) is 6.54 Å². The molecule has 3 heterocycles. The summed E-state index contributed by atoms with van der Waals surface area (Å²) in [6.07, 6.45) is 4.21. The summed E-state index contributed by atoms with van der Waals surface area (Å²) in [7, 11) is 0. The molecule has 20 heavy (non-hydrogen) atoms. The number of likely N-dealkylation sites (tertiary alicyclic amines) is 1. The van der Waals surface area contributed by atoms with Gasteiger partial charge in [0, 0.05) is 30.9 Å². The Labute approximate surface area is 118 Å². The summed E-state index contributed by atoms with van der Waals surface area (Å²) in [6, 6.07) is 3.96. The lowest BCUT2D eigenvalue weighted by Crippen LogP contribution is -2.44. The molecule has 1 aromatic rings. The predicted molar refractivity (Wildman–Crippen MR) is 73.2 cm³/mol. The summed E-state index contributed by atoms with van der Waals surface area (Å²) < 4.78 is 11.3. The van der Waals surface area contributed by atoms with Crippen molar-refractivity contribution in [2.75, 3.05) is 13.1 Å². The Balaban J connectivity index is 1.65. The molecule has 0 unspecified atom stereocenters. The minimum Gasteiger partial charge on any atom is -0.444 e. The van der Waals surface area contributed by atoms with E-state index in [9.17, 15) is 4.79 Å². The van der Waals surface area contributed by atoms with Crippen molar-refractivity contribution in [3.63, 3.8) is 0 Å². The maximum absolute atomic E-state index is 12.1. The second-order valence-electron chi connectivity index (χ2n) is 6.41. The topological polar surface area (TPSA) is 55.0 Å². The lowest BCUT2D eigenvalue weighted by Gasteiger charge is -2.30. The molecule has 0 aliphatic carbocycles. The molecule has 2 aliphatic heterocycles. The van der Waals surface area contributed by atoms with E-state index in [-0.39, 0.29) is 17.8 Å². The highest BCUT2D eigenvalue weighted by atomic mass is 16.6. The number of amides is 1. The number of hydrogen-bond acceptors (Lipinski definition) is 4. The van der Waals surface area contributed by atoms with E-state index in [4.69, 9.17) is 9.47 Å². The van der Waals surface area contributed by atoms with Gasteiger partial charge >= 0.3 is 6.09 Å².